The van der Waals surface area contributed by atoms with Gasteiger partial charge in [0.1, 0.15) is 12.2 Å². The maximum atomic E-state index is 11.9. The average molecular weight is 237 g/mol. The summed E-state index contributed by atoms with van der Waals surface area (Å²) in [6, 6.07) is -0.0914. The van der Waals surface area contributed by atoms with Crippen LogP contribution in [0.4, 0.5) is 0 Å². The van der Waals surface area contributed by atoms with Gasteiger partial charge in [-0.25, -0.2) is 9.67 Å². The van der Waals surface area contributed by atoms with Gasteiger partial charge in [-0.05, 0) is 13.3 Å². The third-order valence-electron chi connectivity index (χ3n) is 2.98. The molecule has 0 aromatic carbocycles. The number of carbonyl (C=O) groups excluding carboxylic acids is 1. The van der Waals surface area contributed by atoms with Crippen molar-refractivity contribution in [3.8, 4) is 0 Å². The molecule has 1 aliphatic rings. The Labute approximate surface area is 101 Å². The largest absolute Gasteiger partial charge is 0.333 e. The molecule has 2 rings (SSSR count). The van der Waals surface area contributed by atoms with Crippen LogP contribution in [0.3, 0.4) is 0 Å². The highest BCUT2D eigenvalue weighted by atomic mass is 16.2. The molecule has 1 fully saturated rings. The summed E-state index contributed by atoms with van der Waals surface area (Å²) in [6.45, 7) is 6.99. The van der Waals surface area contributed by atoms with Crippen molar-refractivity contribution in [1.29, 1.82) is 0 Å². The molecule has 0 saturated carbocycles. The summed E-state index contributed by atoms with van der Waals surface area (Å²) in [4.78, 5) is 18.0. The molecule has 94 valence electrons. The number of nitrogens with one attached hydrogen (secondary N) is 1. The predicted molar refractivity (Wildman–Crippen MR) is 63.2 cm³/mol. The fourth-order valence-electron chi connectivity index (χ4n) is 2.02. The molecule has 1 aromatic heterocycles. The van der Waals surface area contributed by atoms with Crippen molar-refractivity contribution in [3.05, 3.63) is 12.2 Å². The Balaban J connectivity index is 2.04. The molecule has 0 aliphatic carbocycles. The Kier molecular flexibility index (Phi) is 3.73. The van der Waals surface area contributed by atoms with Gasteiger partial charge in [0, 0.05) is 19.6 Å². The molecule has 6 heteroatoms. The van der Waals surface area contributed by atoms with Crippen LogP contribution in [-0.2, 0) is 17.9 Å². The zero-order valence-electron chi connectivity index (χ0n) is 10.4. The molecule has 0 bridgehead atoms. The van der Waals surface area contributed by atoms with Gasteiger partial charge in [0.25, 0.3) is 0 Å². The number of carbonyl (C=O) groups is 1. The molecule has 6 nitrogen and oxygen atoms in total. The van der Waals surface area contributed by atoms with Crippen LogP contribution in [0.1, 0.15) is 26.1 Å². The van der Waals surface area contributed by atoms with Crippen molar-refractivity contribution < 1.29 is 4.79 Å². The van der Waals surface area contributed by atoms with Crippen molar-refractivity contribution >= 4 is 5.91 Å². The SMILES string of the molecule is CCCn1ncnc1CN1CCNC(C)C1=O. The third kappa shape index (κ3) is 2.63. The monoisotopic (exact) mass is 237 g/mol. The topological polar surface area (TPSA) is 63.1 Å². The van der Waals surface area contributed by atoms with E-state index >= 15 is 0 Å². The number of rotatable bonds is 4. The molecule has 2 heterocycles. The van der Waals surface area contributed by atoms with Gasteiger partial charge in [-0.1, -0.05) is 6.92 Å². The highest BCUT2D eigenvalue weighted by molar-refractivity contribution is 5.82. The van der Waals surface area contributed by atoms with Gasteiger partial charge in [0.2, 0.25) is 5.91 Å². The summed E-state index contributed by atoms with van der Waals surface area (Å²) in [5, 5.41) is 7.31. The lowest BCUT2D eigenvalue weighted by Gasteiger charge is -2.31. The molecule has 1 amide bonds. The van der Waals surface area contributed by atoms with Crippen LogP contribution in [0.15, 0.2) is 6.33 Å². The number of amides is 1. The van der Waals surface area contributed by atoms with E-state index in [2.05, 4.69) is 22.3 Å². The molecule has 1 unspecified atom stereocenters. The minimum Gasteiger partial charge on any atom is -0.333 e. The first kappa shape index (κ1) is 12.0. The van der Waals surface area contributed by atoms with Crippen LogP contribution in [0.2, 0.25) is 0 Å². The molecule has 0 radical (unpaired) electrons. The summed E-state index contributed by atoms with van der Waals surface area (Å²) < 4.78 is 1.87. The molecule has 0 spiro atoms. The zero-order valence-corrected chi connectivity index (χ0v) is 10.4. The number of hydrogen-bond donors (Lipinski definition) is 1. The fraction of sp³-hybridized carbons (Fsp3) is 0.727. The van der Waals surface area contributed by atoms with Crippen LogP contribution in [0, 0.1) is 0 Å². The fourth-order valence-corrected chi connectivity index (χ4v) is 2.02. The second-order valence-corrected chi connectivity index (χ2v) is 4.34. The second kappa shape index (κ2) is 5.27. The second-order valence-electron chi connectivity index (χ2n) is 4.34. The molecular formula is C11H19N5O. The van der Waals surface area contributed by atoms with Gasteiger partial charge in [-0.3, -0.25) is 4.79 Å². The van der Waals surface area contributed by atoms with Crippen LogP contribution in [-0.4, -0.2) is 44.7 Å². The number of piperazine rings is 1. The third-order valence-corrected chi connectivity index (χ3v) is 2.98. The quantitative estimate of drug-likeness (QED) is 0.801. The van der Waals surface area contributed by atoms with E-state index in [-0.39, 0.29) is 11.9 Å². The summed E-state index contributed by atoms with van der Waals surface area (Å²) in [5.74, 6) is 1.01. The minimum atomic E-state index is -0.0914. The van der Waals surface area contributed by atoms with Crippen molar-refractivity contribution in [1.82, 2.24) is 25.0 Å². The Hall–Kier alpha value is -1.43. The van der Waals surface area contributed by atoms with E-state index in [1.807, 2.05) is 16.5 Å². The molecule has 1 aromatic rings. The first-order chi connectivity index (χ1) is 8.22. The summed E-state index contributed by atoms with van der Waals surface area (Å²) in [7, 11) is 0. The van der Waals surface area contributed by atoms with Gasteiger partial charge in [0.15, 0.2) is 0 Å². The Morgan fingerprint density at radius 2 is 2.41 bits per heavy atom. The van der Waals surface area contributed by atoms with Crippen LogP contribution < -0.4 is 5.32 Å². The molecule has 1 aliphatic heterocycles. The Morgan fingerprint density at radius 3 is 3.18 bits per heavy atom. The van der Waals surface area contributed by atoms with E-state index in [1.54, 1.807) is 6.33 Å². The number of nitrogens with zero attached hydrogens (tertiary/aromatic N) is 4. The zero-order chi connectivity index (χ0) is 12.3. The Morgan fingerprint density at radius 1 is 1.59 bits per heavy atom. The van der Waals surface area contributed by atoms with Crippen molar-refractivity contribution in [2.75, 3.05) is 13.1 Å². The van der Waals surface area contributed by atoms with Crippen molar-refractivity contribution in [2.45, 2.75) is 39.4 Å². The first-order valence-electron chi connectivity index (χ1n) is 6.11. The van der Waals surface area contributed by atoms with Crippen LogP contribution >= 0.6 is 0 Å². The van der Waals surface area contributed by atoms with E-state index in [4.69, 9.17) is 0 Å². The van der Waals surface area contributed by atoms with E-state index in [9.17, 15) is 4.79 Å². The van der Waals surface area contributed by atoms with Gasteiger partial charge >= 0.3 is 0 Å². The lowest BCUT2D eigenvalue weighted by atomic mass is 10.2. The minimum absolute atomic E-state index is 0.0914. The molecule has 1 saturated heterocycles. The predicted octanol–water partition coefficient (Wildman–Crippen LogP) is 0.00840. The normalized spacial score (nSPS) is 20.9. The standard InChI is InChI=1S/C11H19N5O/c1-3-5-16-10(13-8-14-16)7-15-6-4-12-9(2)11(15)17/h8-9,12H,3-7H2,1-2H3. The highest BCUT2D eigenvalue weighted by Gasteiger charge is 2.25. The maximum Gasteiger partial charge on any atom is 0.239 e. The Bertz CT molecular complexity index is 389. The number of aromatic nitrogens is 3. The average Bonchev–Trinajstić information content (AvgIpc) is 2.73. The van der Waals surface area contributed by atoms with Crippen molar-refractivity contribution in [2.24, 2.45) is 0 Å². The summed E-state index contributed by atoms with van der Waals surface area (Å²) in [5.41, 5.74) is 0. The van der Waals surface area contributed by atoms with Gasteiger partial charge in [0.05, 0.1) is 12.6 Å². The number of aryl methyl sites for hydroxylation is 1. The molecular weight excluding hydrogens is 218 g/mol. The lowest BCUT2D eigenvalue weighted by Crippen LogP contribution is -2.53. The van der Waals surface area contributed by atoms with Crippen molar-refractivity contribution in [3.63, 3.8) is 0 Å². The van der Waals surface area contributed by atoms with Crippen LogP contribution in [0.5, 0.6) is 0 Å². The summed E-state index contributed by atoms with van der Waals surface area (Å²) >= 11 is 0. The smallest absolute Gasteiger partial charge is 0.239 e. The van der Waals surface area contributed by atoms with E-state index < -0.39 is 0 Å². The lowest BCUT2D eigenvalue weighted by molar-refractivity contribution is -0.135. The molecule has 1 N–H and O–H groups in total. The number of hydrogen-bond acceptors (Lipinski definition) is 4. The van der Waals surface area contributed by atoms with E-state index in [1.165, 1.54) is 0 Å². The van der Waals surface area contributed by atoms with Gasteiger partial charge < -0.3 is 10.2 Å². The van der Waals surface area contributed by atoms with Gasteiger partial charge in [-0.15, -0.1) is 0 Å². The first-order valence-corrected chi connectivity index (χ1v) is 6.11. The molecule has 1 atom stereocenters. The molecule has 17 heavy (non-hydrogen) atoms. The van der Waals surface area contributed by atoms with E-state index in [0.717, 1.165) is 31.9 Å². The maximum absolute atomic E-state index is 11.9. The van der Waals surface area contributed by atoms with E-state index in [0.29, 0.717) is 6.54 Å². The highest BCUT2D eigenvalue weighted by Crippen LogP contribution is 2.07. The summed E-state index contributed by atoms with van der Waals surface area (Å²) in [6.07, 6.45) is 2.57. The van der Waals surface area contributed by atoms with Crippen LogP contribution in [0.25, 0.3) is 0 Å². The van der Waals surface area contributed by atoms with Gasteiger partial charge in [-0.2, -0.15) is 5.10 Å².